The van der Waals surface area contributed by atoms with E-state index in [0.29, 0.717) is 37.2 Å². The van der Waals surface area contributed by atoms with E-state index < -0.39 is 10.0 Å². The number of nitrogens with zero attached hydrogens (tertiary/aromatic N) is 2. The summed E-state index contributed by atoms with van der Waals surface area (Å²) < 4.78 is 26.8. The molecule has 1 aliphatic heterocycles. The molecule has 0 N–H and O–H groups in total. The number of carbonyl (C=O) groups is 1. The molecule has 0 atom stereocenters. The summed E-state index contributed by atoms with van der Waals surface area (Å²) in [5.41, 5.74) is 1.89. The van der Waals surface area contributed by atoms with Gasteiger partial charge < -0.3 is 0 Å². The monoisotopic (exact) mass is 390 g/mol. The first-order chi connectivity index (χ1) is 12.6. The summed E-state index contributed by atoms with van der Waals surface area (Å²) in [6, 6.07) is 10.5. The van der Waals surface area contributed by atoms with E-state index in [1.807, 2.05) is 12.1 Å². The maximum Gasteiger partial charge on any atom is 0.243 e. The van der Waals surface area contributed by atoms with Crippen LogP contribution in [0.1, 0.15) is 17.5 Å². The molecular formula is C19H22N2O3S2. The first kappa shape index (κ1) is 19.1. The van der Waals surface area contributed by atoms with E-state index >= 15 is 0 Å². The van der Waals surface area contributed by atoms with Crippen LogP contribution < -0.4 is 0 Å². The summed E-state index contributed by atoms with van der Waals surface area (Å²) in [7, 11) is -3.43. The number of rotatable bonds is 7. The third-order valence-corrected chi connectivity index (χ3v) is 7.20. The van der Waals surface area contributed by atoms with Crippen LogP contribution in [0.3, 0.4) is 0 Å². The summed E-state index contributed by atoms with van der Waals surface area (Å²) in [6.07, 6.45) is 4.93. The molecule has 0 radical (unpaired) electrons. The molecule has 3 rings (SSSR count). The highest BCUT2D eigenvalue weighted by Gasteiger charge is 2.25. The van der Waals surface area contributed by atoms with Crippen molar-refractivity contribution < 1.29 is 13.2 Å². The second-order valence-corrected chi connectivity index (χ2v) is 9.40. The highest BCUT2D eigenvalue weighted by Crippen LogP contribution is 2.20. The number of hydrogen-bond acceptors (Lipinski definition) is 5. The number of carbonyl (C=O) groups excluding carboxylic acids is 1. The Labute approximate surface area is 158 Å². The van der Waals surface area contributed by atoms with Gasteiger partial charge in [0.15, 0.2) is 0 Å². The number of sulfonamides is 1. The molecule has 1 fully saturated rings. The molecule has 1 aliphatic rings. The van der Waals surface area contributed by atoms with Gasteiger partial charge in [-0.3, -0.25) is 9.78 Å². The number of aryl methyl sites for hydroxylation is 1. The van der Waals surface area contributed by atoms with Crippen LogP contribution >= 0.6 is 11.8 Å². The second kappa shape index (κ2) is 8.79. The number of benzene rings is 1. The van der Waals surface area contributed by atoms with Gasteiger partial charge in [0.2, 0.25) is 10.0 Å². The summed E-state index contributed by atoms with van der Waals surface area (Å²) >= 11 is 1.77. The minimum Gasteiger partial charge on any atom is -0.299 e. The van der Waals surface area contributed by atoms with Crippen LogP contribution in [0.25, 0.3) is 0 Å². The van der Waals surface area contributed by atoms with Crippen LogP contribution in [0.2, 0.25) is 0 Å². The van der Waals surface area contributed by atoms with Crippen molar-refractivity contribution in [2.24, 2.45) is 0 Å². The summed E-state index contributed by atoms with van der Waals surface area (Å²) in [6.45, 7) is 1.11. The van der Waals surface area contributed by atoms with E-state index in [9.17, 15) is 13.2 Å². The molecular weight excluding hydrogens is 368 g/mol. The lowest BCUT2D eigenvalue weighted by Gasteiger charge is -2.25. The Balaban J connectivity index is 1.58. The summed E-state index contributed by atoms with van der Waals surface area (Å²) in [4.78, 5) is 16.5. The van der Waals surface area contributed by atoms with Crippen LogP contribution in [0.4, 0.5) is 0 Å². The van der Waals surface area contributed by atoms with Crippen LogP contribution in [-0.4, -0.2) is 48.1 Å². The zero-order valence-electron chi connectivity index (χ0n) is 14.5. The topological polar surface area (TPSA) is 67.3 Å². The molecule has 1 aromatic heterocycles. The number of thioether (sulfide) groups is 1. The molecule has 2 heterocycles. The van der Waals surface area contributed by atoms with Crippen molar-refractivity contribution >= 4 is 27.6 Å². The number of pyridine rings is 1. The quantitative estimate of drug-likeness (QED) is 0.727. The number of ketones is 1. The largest absolute Gasteiger partial charge is 0.299 e. The lowest BCUT2D eigenvalue weighted by molar-refractivity contribution is -0.118. The maximum atomic E-state index is 12.6. The van der Waals surface area contributed by atoms with Crippen molar-refractivity contribution in [3.8, 4) is 0 Å². The average Bonchev–Trinajstić information content (AvgIpc) is 2.68. The van der Waals surface area contributed by atoms with Crippen molar-refractivity contribution in [3.63, 3.8) is 0 Å². The van der Waals surface area contributed by atoms with Gasteiger partial charge in [-0.2, -0.15) is 16.1 Å². The Kier molecular flexibility index (Phi) is 6.45. The average molecular weight is 391 g/mol. The first-order valence-corrected chi connectivity index (χ1v) is 11.2. The van der Waals surface area contributed by atoms with E-state index in [-0.39, 0.29) is 5.78 Å². The molecule has 5 nitrogen and oxygen atoms in total. The zero-order chi connectivity index (χ0) is 18.4. The summed E-state index contributed by atoms with van der Waals surface area (Å²) in [5.74, 6) is 1.81. The van der Waals surface area contributed by atoms with Crippen LogP contribution in [0.5, 0.6) is 0 Å². The third-order valence-electron chi connectivity index (χ3n) is 4.35. The van der Waals surface area contributed by atoms with Gasteiger partial charge in [-0.05, 0) is 35.7 Å². The van der Waals surface area contributed by atoms with Crippen LogP contribution in [0.15, 0.2) is 53.7 Å². The van der Waals surface area contributed by atoms with Crippen molar-refractivity contribution in [3.05, 3.63) is 59.9 Å². The Bertz CT molecular complexity index is 831. The smallest absolute Gasteiger partial charge is 0.243 e. The van der Waals surface area contributed by atoms with E-state index in [1.165, 1.54) is 4.31 Å². The van der Waals surface area contributed by atoms with Crippen molar-refractivity contribution in [2.75, 3.05) is 24.6 Å². The minimum atomic E-state index is -3.43. The van der Waals surface area contributed by atoms with Crippen molar-refractivity contribution in [1.82, 2.24) is 9.29 Å². The van der Waals surface area contributed by atoms with Gasteiger partial charge in [-0.25, -0.2) is 8.42 Å². The molecule has 138 valence electrons. The van der Waals surface area contributed by atoms with Crippen molar-refractivity contribution in [1.29, 1.82) is 0 Å². The van der Waals surface area contributed by atoms with Gasteiger partial charge >= 0.3 is 0 Å². The highest BCUT2D eigenvalue weighted by molar-refractivity contribution is 7.99. The highest BCUT2D eigenvalue weighted by atomic mass is 32.2. The van der Waals surface area contributed by atoms with Gasteiger partial charge in [0.25, 0.3) is 0 Å². The van der Waals surface area contributed by atoms with Gasteiger partial charge in [0, 0.05) is 49.8 Å². The Morgan fingerprint density at radius 2 is 1.81 bits per heavy atom. The fraction of sp³-hybridized carbons (Fsp3) is 0.368. The Morgan fingerprint density at radius 3 is 2.46 bits per heavy atom. The number of Topliss-reactive ketones (excluding diaryl/α,β-unsaturated/α-hetero) is 1. The van der Waals surface area contributed by atoms with E-state index in [0.717, 1.165) is 22.6 Å². The molecule has 1 saturated heterocycles. The fourth-order valence-corrected chi connectivity index (χ4v) is 5.44. The van der Waals surface area contributed by atoms with Gasteiger partial charge in [-0.1, -0.05) is 18.2 Å². The van der Waals surface area contributed by atoms with Gasteiger partial charge in [-0.15, -0.1) is 0 Å². The Hall–Kier alpha value is -1.70. The maximum absolute atomic E-state index is 12.6. The van der Waals surface area contributed by atoms with Crippen LogP contribution in [0, 0.1) is 0 Å². The minimum absolute atomic E-state index is 0.137. The fourth-order valence-electron chi connectivity index (χ4n) is 2.86. The number of hydrogen-bond donors (Lipinski definition) is 0. The molecule has 0 amide bonds. The SMILES string of the molecule is O=C(CCc1cccnc1)Cc1ccc(S(=O)(=O)N2CCSCC2)cc1. The third kappa shape index (κ3) is 4.93. The molecule has 0 bridgehead atoms. The molecule has 0 unspecified atom stereocenters. The molecule has 0 aliphatic carbocycles. The molecule has 2 aromatic rings. The molecule has 1 aromatic carbocycles. The molecule has 7 heteroatoms. The predicted octanol–water partition coefficient (Wildman–Crippen LogP) is 2.56. The lowest BCUT2D eigenvalue weighted by Crippen LogP contribution is -2.37. The second-order valence-electron chi connectivity index (χ2n) is 6.24. The molecule has 0 spiro atoms. The number of aromatic nitrogens is 1. The normalized spacial score (nSPS) is 15.7. The van der Waals surface area contributed by atoms with E-state index in [4.69, 9.17) is 0 Å². The molecule has 0 saturated carbocycles. The Morgan fingerprint density at radius 1 is 1.08 bits per heavy atom. The van der Waals surface area contributed by atoms with E-state index in [1.54, 1.807) is 48.4 Å². The first-order valence-electron chi connectivity index (χ1n) is 8.63. The summed E-state index contributed by atoms with van der Waals surface area (Å²) in [5, 5.41) is 0. The van der Waals surface area contributed by atoms with E-state index in [2.05, 4.69) is 4.98 Å². The molecule has 26 heavy (non-hydrogen) atoms. The predicted molar refractivity (Wildman–Crippen MR) is 104 cm³/mol. The standard InChI is InChI=1S/C19H22N2O3S2/c22-18(6-3-17-2-1-9-20-15-17)14-16-4-7-19(8-5-16)26(23,24)21-10-12-25-13-11-21/h1-2,4-5,7-9,15H,3,6,10-14H2. The lowest BCUT2D eigenvalue weighted by atomic mass is 10.0. The van der Waals surface area contributed by atoms with Gasteiger partial charge in [0.1, 0.15) is 5.78 Å². The zero-order valence-corrected chi connectivity index (χ0v) is 16.1. The van der Waals surface area contributed by atoms with Gasteiger partial charge in [0.05, 0.1) is 4.90 Å². The van der Waals surface area contributed by atoms with Crippen molar-refractivity contribution in [2.45, 2.75) is 24.2 Å². The van der Waals surface area contributed by atoms with Crippen LogP contribution in [-0.2, 0) is 27.7 Å².